The fourth-order valence-corrected chi connectivity index (χ4v) is 12.8. The molecule has 0 saturated heterocycles. The van der Waals surface area contributed by atoms with Crippen LogP contribution in [0.2, 0.25) is 0 Å². The van der Waals surface area contributed by atoms with E-state index in [0.717, 1.165) is 0 Å². The molecule has 0 radical (unpaired) electrons. The molecule has 0 aliphatic heterocycles. The molecule has 4 saturated carbocycles. The Hall–Kier alpha value is -6.38. The average Bonchev–Trinajstić information content (AvgIpc) is 3.47. The fourth-order valence-electron chi connectivity index (χ4n) is 12.8. The van der Waals surface area contributed by atoms with Gasteiger partial charge in [0, 0.05) is 34.1 Å². The van der Waals surface area contributed by atoms with Crippen molar-refractivity contribution in [1.29, 1.82) is 0 Å². The molecular formula is C70H76N2. The van der Waals surface area contributed by atoms with Crippen LogP contribution in [-0.4, -0.2) is 0 Å². The van der Waals surface area contributed by atoms with Gasteiger partial charge in [-0.15, -0.1) is 0 Å². The molecule has 4 aliphatic rings. The quantitative estimate of drug-likeness (QED) is 0.100. The van der Waals surface area contributed by atoms with Crippen molar-refractivity contribution in [3.63, 3.8) is 0 Å². The van der Waals surface area contributed by atoms with Crippen LogP contribution in [0.1, 0.15) is 197 Å². The topological polar surface area (TPSA) is 6.48 Å². The molecule has 0 spiro atoms. The van der Waals surface area contributed by atoms with E-state index < -0.39 is 0 Å². The van der Waals surface area contributed by atoms with E-state index in [4.69, 9.17) is 0 Å². The SMILES string of the molecule is C(=Cc1ccc(N(c2ccc(C3CCCCC3)cc2)c2ccc(C3CCCCC3)cc2)cc1)c1ccc(C=Cc2ccc(N(c3ccc(C4CCCCC4)cc3)c3ccc(C4CCCCC4)cc3)cc2)cc1. The van der Waals surface area contributed by atoms with Crippen LogP contribution in [0.15, 0.2) is 170 Å². The lowest BCUT2D eigenvalue weighted by molar-refractivity contribution is 0.443. The van der Waals surface area contributed by atoms with E-state index in [9.17, 15) is 0 Å². The molecule has 4 aliphatic carbocycles. The monoisotopic (exact) mass is 945 g/mol. The lowest BCUT2D eigenvalue weighted by Gasteiger charge is -2.28. The van der Waals surface area contributed by atoms with E-state index in [1.54, 1.807) is 0 Å². The minimum atomic E-state index is 0.704. The van der Waals surface area contributed by atoms with E-state index in [1.807, 2.05) is 0 Å². The molecule has 4 fully saturated rings. The summed E-state index contributed by atoms with van der Waals surface area (Å²) in [5.41, 5.74) is 18.0. The smallest absolute Gasteiger partial charge is 0.0462 e. The minimum Gasteiger partial charge on any atom is -0.311 e. The van der Waals surface area contributed by atoms with Gasteiger partial charge in [0.15, 0.2) is 0 Å². The van der Waals surface area contributed by atoms with E-state index in [2.05, 4.69) is 204 Å². The standard InChI is InChI=1S/C70H76N2/c1-5-13-57(14-6-1)61-33-45-67(46-34-61)71(68-47-35-62(36-48-68)58-15-7-2-8-16-58)65-41-29-55(30-42-65)27-25-53-21-23-54(24-22-53)26-28-56-31-43-66(44-32-56)72(69-49-37-63(38-50-69)59-17-9-3-10-18-59)70-51-39-64(40-52-70)60-19-11-4-12-20-60/h21-52,57-60H,1-20H2. The number of anilines is 6. The highest BCUT2D eigenvalue weighted by Gasteiger charge is 2.22. The Labute approximate surface area is 432 Å². The molecular weight excluding hydrogens is 869 g/mol. The van der Waals surface area contributed by atoms with Crippen molar-refractivity contribution in [3.05, 3.63) is 214 Å². The first-order valence-corrected chi connectivity index (χ1v) is 28.3. The molecule has 0 heterocycles. The van der Waals surface area contributed by atoms with Crippen LogP contribution in [0.4, 0.5) is 34.1 Å². The Morgan fingerprint density at radius 3 is 0.569 bits per heavy atom. The molecule has 0 aromatic heterocycles. The van der Waals surface area contributed by atoms with Gasteiger partial charge in [0.1, 0.15) is 0 Å². The number of hydrogen-bond acceptors (Lipinski definition) is 2. The Bertz CT molecular complexity index is 2490. The Kier molecular flexibility index (Phi) is 15.6. The van der Waals surface area contributed by atoms with E-state index >= 15 is 0 Å². The van der Waals surface area contributed by atoms with Crippen molar-refractivity contribution in [3.8, 4) is 0 Å². The van der Waals surface area contributed by atoms with Gasteiger partial charge in [-0.25, -0.2) is 0 Å². The molecule has 0 amide bonds. The lowest BCUT2D eigenvalue weighted by Crippen LogP contribution is -2.11. The first-order chi connectivity index (χ1) is 35.7. The normalized spacial score (nSPS) is 17.7. The summed E-state index contributed by atoms with van der Waals surface area (Å²) in [6.07, 6.45) is 35.9. The van der Waals surface area contributed by atoms with E-state index in [0.29, 0.717) is 23.7 Å². The summed E-state index contributed by atoms with van der Waals surface area (Å²) >= 11 is 0. The summed E-state index contributed by atoms with van der Waals surface area (Å²) < 4.78 is 0. The molecule has 7 aromatic rings. The van der Waals surface area contributed by atoms with E-state index in [1.165, 1.54) is 207 Å². The first kappa shape index (κ1) is 47.9. The zero-order valence-electron chi connectivity index (χ0n) is 42.8. The van der Waals surface area contributed by atoms with Gasteiger partial charge in [-0.1, -0.05) is 198 Å². The summed E-state index contributed by atoms with van der Waals surface area (Å²) in [6, 6.07) is 65.0. The largest absolute Gasteiger partial charge is 0.311 e. The highest BCUT2D eigenvalue weighted by molar-refractivity contribution is 5.80. The van der Waals surface area contributed by atoms with Crippen molar-refractivity contribution in [2.24, 2.45) is 0 Å². The highest BCUT2D eigenvalue weighted by Crippen LogP contribution is 2.42. The average molecular weight is 945 g/mol. The van der Waals surface area contributed by atoms with Crippen molar-refractivity contribution in [2.45, 2.75) is 152 Å². The summed E-state index contributed by atoms with van der Waals surface area (Å²) in [5, 5.41) is 0. The Morgan fingerprint density at radius 1 is 0.208 bits per heavy atom. The fraction of sp³-hybridized carbons (Fsp3) is 0.343. The van der Waals surface area contributed by atoms with Crippen molar-refractivity contribution >= 4 is 58.4 Å². The van der Waals surface area contributed by atoms with Crippen LogP contribution in [0, 0.1) is 0 Å². The van der Waals surface area contributed by atoms with E-state index in [-0.39, 0.29) is 0 Å². The molecule has 7 aromatic carbocycles. The third-order valence-electron chi connectivity index (χ3n) is 17.1. The maximum Gasteiger partial charge on any atom is 0.0462 e. The third-order valence-corrected chi connectivity index (χ3v) is 17.1. The van der Waals surface area contributed by atoms with Gasteiger partial charge >= 0.3 is 0 Å². The van der Waals surface area contributed by atoms with Gasteiger partial charge in [0.05, 0.1) is 0 Å². The van der Waals surface area contributed by atoms with Crippen LogP contribution in [0.5, 0.6) is 0 Å². The zero-order valence-corrected chi connectivity index (χ0v) is 42.8. The molecule has 2 heteroatoms. The van der Waals surface area contributed by atoms with Gasteiger partial charge in [0.25, 0.3) is 0 Å². The first-order valence-electron chi connectivity index (χ1n) is 28.3. The van der Waals surface area contributed by atoms with Crippen molar-refractivity contribution < 1.29 is 0 Å². The maximum absolute atomic E-state index is 2.44. The Balaban J connectivity index is 0.761. The summed E-state index contributed by atoms with van der Waals surface area (Å²) in [5.74, 6) is 2.82. The maximum atomic E-state index is 2.44. The number of benzene rings is 7. The third kappa shape index (κ3) is 11.8. The van der Waals surface area contributed by atoms with Gasteiger partial charge in [-0.05, 0) is 192 Å². The molecule has 366 valence electrons. The molecule has 11 rings (SSSR count). The number of rotatable bonds is 14. The number of hydrogen-bond donors (Lipinski definition) is 0. The minimum absolute atomic E-state index is 0.704. The van der Waals surface area contributed by atoms with Crippen LogP contribution in [0.3, 0.4) is 0 Å². The predicted molar refractivity (Wildman–Crippen MR) is 310 cm³/mol. The highest BCUT2D eigenvalue weighted by atomic mass is 15.1. The molecule has 0 N–H and O–H groups in total. The molecule has 2 nitrogen and oxygen atoms in total. The molecule has 0 bridgehead atoms. The van der Waals surface area contributed by atoms with Crippen molar-refractivity contribution in [1.82, 2.24) is 0 Å². The second-order valence-electron chi connectivity index (χ2n) is 21.9. The Morgan fingerprint density at radius 2 is 0.375 bits per heavy atom. The number of nitrogens with zero attached hydrogens (tertiary/aromatic N) is 2. The second-order valence-corrected chi connectivity index (χ2v) is 21.9. The molecule has 72 heavy (non-hydrogen) atoms. The van der Waals surface area contributed by atoms with Crippen LogP contribution >= 0.6 is 0 Å². The lowest BCUT2D eigenvalue weighted by atomic mass is 9.84. The predicted octanol–water partition coefficient (Wildman–Crippen LogP) is 21.2. The summed E-state index contributed by atoms with van der Waals surface area (Å²) in [6.45, 7) is 0. The van der Waals surface area contributed by atoms with Crippen LogP contribution in [-0.2, 0) is 0 Å². The van der Waals surface area contributed by atoms with Crippen LogP contribution < -0.4 is 9.80 Å². The zero-order chi connectivity index (χ0) is 48.3. The van der Waals surface area contributed by atoms with Gasteiger partial charge in [-0.2, -0.15) is 0 Å². The second kappa shape index (κ2) is 23.4. The van der Waals surface area contributed by atoms with Crippen LogP contribution in [0.25, 0.3) is 24.3 Å². The van der Waals surface area contributed by atoms with Gasteiger partial charge < -0.3 is 9.80 Å². The molecule has 0 unspecified atom stereocenters. The van der Waals surface area contributed by atoms with Gasteiger partial charge in [0.2, 0.25) is 0 Å². The van der Waals surface area contributed by atoms with Gasteiger partial charge in [-0.3, -0.25) is 0 Å². The summed E-state index contributed by atoms with van der Waals surface area (Å²) in [4.78, 5) is 4.87. The molecule has 0 atom stereocenters. The van der Waals surface area contributed by atoms with Crippen molar-refractivity contribution in [2.75, 3.05) is 9.80 Å². The summed E-state index contributed by atoms with van der Waals surface area (Å²) in [7, 11) is 0.